The number of aliphatic hydroxyl groups is 1. The van der Waals surface area contributed by atoms with Gasteiger partial charge in [0, 0.05) is 0 Å². The van der Waals surface area contributed by atoms with Crippen LogP contribution in [0.3, 0.4) is 0 Å². The van der Waals surface area contributed by atoms with Gasteiger partial charge in [0.2, 0.25) is 0 Å². The summed E-state index contributed by atoms with van der Waals surface area (Å²) in [7, 11) is -0.548. The fourth-order valence-corrected chi connectivity index (χ4v) is 2.89. The molecule has 0 amide bonds. The summed E-state index contributed by atoms with van der Waals surface area (Å²) in [6, 6.07) is 10.4. The molecular weight excluding hydrogens is 301 g/mol. The zero-order chi connectivity index (χ0) is 17.6. The van der Waals surface area contributed by atoms with Crippen molar-refractivity contribution in [1.82, 2.24) is 0 Å². The number of rotatable bonds is 4. The van der Waals surface area contributed by atoms with Crippen LogP contribution in [-0.2, 0) is 14.7 Å². The molecule has 1 aromatic carbocycles. The standard InChI is InChI=1S/C19H24BNO3/c1-17(2)18(3,4)24-20(23-17)16(12-22)11-14-5-7-15(8-6-14)19(13-21)9-10-19/h5-8,11,22H,9-10,12H2,1-4H3. The molecule has 1 heterocycles. The van der Waals surface area contributed by atoms with Crippen molar-refractivity contribution in [2.45, 2.75) is 57.2 Å². The zero-order valence-corrected chi connectivity index (χ0v) is 14.8. The summed E-state index contributed by atoms with van der Waals surface area (Å²) >= 11 is 0. The molecule has 2 aliphatic rings. The van der Waals surface area contributed by atoms with E-state index in [9.17, 15) is 10.4 Å². The Morgan fingerprint density at radius 1 is 1.17 bits per heavy atom. The van der Waals surface area contributed by atoms with Crippen LogP contribution in [0.2, 0.25) is 0 Å². The molecule has 0 aromatic heterocycles. The molecule has 1 N–H and O–H groups in total. The minimum absolute atomic E-state index is 0.124. The third kappa shape index (κ3) is 2.90. The second kappa shape index (κ2) is 5.73. The molecule has 3 rings (SSSR count). The predicted molar refractivity (Wildman–Crippen MR) is 94.1 cm³/mol. The van der Waals surface area contributed by atoms with Crippen LogP contribution in [0.25, 0.3) is 6.08 Å². The molecule has 4 nitrogen and oxygen atoms in total. The Bertz CT molecular complexity index is 680. The van der Waals surface area contributed by atoms with E-state index in [4.69, 9.17) is 9.31 Å². The van der Waals surface area contributed by atoms with E-state index in [2.05, 4.69) is 6.07 Å². The average molecular weight is 325 g/mol. The summed E-state index contributed by atoms with van der Waals surface area (Å²) in [5.41, 5.74) is 1.60. The lowest BCUT2D eigenvalue weighted by Gasteiger charge is -2.32. The van der Waals surface area contributed by atoms with E-state index in [-0.39, 0.29) is 12.0 Å². The highest BCUT2D eigenvalue weighted by atomic mass is 16.7. The third-order valence-corrected chi connectivity index (χ3v) is 5.52. The average Bonchev–Trinajstić information content (AvgIpc) is 3.29. The molecule has 1 saturated heterocycles. The number of aliphatic hydroxyl groups excluding tert-OH is 1. The van der Waals surface area contributed by atoms with Crippen LogP contribution in [0.5, 0.6) is 0 Å². The molecule has 2 fully saturated rings. The normalized spacial score (nSPS) is 23.8. The van der Waals surface area contributed by atoms with Crippen molar-refractivity contribution >= 4 is 13.2 Å². The Morgan fingerprint density at radius 2 is 1.71 bits per heavy atom. The highest BCUT2D eigenvalue weighted by Gasteiger charge is 2.52. The van der Waals surface area contributed by atoms with Crippen LogP contribution in [-0.4, -0.2) is 30.0 Å². The molecule has 126 valence electrons. The maximum Gasteiger partial charge on any atom is 0.492 e. The minimum Gasteiger partial charge on any atom is -0.400 e. The first-order chi connectivity index (χ1) is 11.2. The molecule has 0 unspecified atom stereocenters. The van der Waals surface area contributed by atoms with E-state index in [0.717, 1.165) is 24.0 Å². The van der Waals surface area contributed by atoms with Crippen LogP contribution in [0.15, 0.2) is 29.7 Å². The third-order valence-electron chi connectivity index (χ3n) is 5.52. The lowest BCUT2D eigenvalue weighted by atomic mass is 9.77. The van der Waals surface area contributed by atoms with Gasteiger partial charge in [-0.1, -0.05) is 30.3 Å². The molecule has 1 aromatic rings. The van der Waals surface area contributed by atoms with Crippen molar-refractivity contribution in [3.63, 3.8) is 0 Å². The molecule has 1 aliphatic heterocycles. The van der Waals surface area contributed by atoms with Gasteiger partial charge in [-0.3, -0.25) is 0 Å². The summed E-state index contributed by atoms with van der Waals surface area (Å²) in [6.45, 7) is 7.85. The Morgan fingerprint density at radius 3 is 2.12 bits per heavy atom. The van der Waals surface area contributed by atoms with Crippen molar-refractivity contribution in [2.75, 3.05) is 6.61 Å². The van der Waals surface area contributed by atoms with Gasteiger partial charge >= 0.3 is 7.12 Å². The van der Waals surface area contributed by atoms with Gasteiger partial charge in [0.25, 0.3) is 0 Å². The maximum atomic E-state index is 9.75. The lowest BCUT2D eigenvalue weighted by Crippen LogP contribution is -2.41. The molecule has 0 atom stereocenters. The van der Waals surface area contributed by atoms with E-state index >= 15 is 0 Å². The first-order valence-corrected chi connectivity index (χ1v) is 8.42. The summed E-state index contributed by atoms with van der Waals surface area (Å²) in [4.78, 5) is 0. The van der Waals surface area contributed by atoms with E-state index in [0.29, 0.717) is 5.47 Å². The largest absolute Gasteiger partial charge is 0.492 e. The van der Waals surface area contributed by atoms with Crippen LogP contribution in [0.4, 0.5) is 0 Å². The first-order valence-electron chi connectivity index (χ1n) is 8.42. The second-order valence-corrected chi connectivity index (χ2v) is 7.78. The van der Waals surface area contributed by atoms with E-state index in [1.807, 2.05) is 58.0 Å². The number of nitrogens with zero attached hydrogens (tertiary/aromatic N) is 1. The summed E-state index contributed by atoms with van der Waals surface area (Å²) in [5.74, 6) is 0. The molecule has 0 radical (unpaired) electrons. The summed E-state index contributed by atoms with van der Waals surface area (Å²) < 4.78 is 12.0. The molecule has 0 spiro atoms. The van der Waals surface area contributed by atoms with Crippen molar-refractivity contribution in [1.29, 1.82) is 5.26 Å². The highest BCUT2D eigenvalue weighted by Crippen LogP contribution is 2.47. The van der Waals surface area contributed by atoms with E-state index in [1.165, 1.54) is 0 Å². The van der Waals surface area contributed by atoms with Gasteiger partial charge in [-0.15, -0.1) is 0 Å². The molecule has 0 bridgehead atoms. The summed E-state index contributed by atoms with van der Waals surface area (Å²) in [5, 5.41) is 19.0. The van der Waals surface area contributed by atoms with Crippen molar-refractivity contribution in [2.24, 2.45) is 0 Å². The fourth-order valence-electron chi connectivity index (χ4n) is 2.89. The Balaban J connectivity index is 1.81. The zero-order valence-electron chi connectivity index (χ0n) is 14.8. The first kappa shape index (κ1) is 17.2. The fraction of sp³-hybridized carbons (Fsp3) is 0.526. The second-order valence-electron chi connectivity index (χ2n) is 7.78. The molecular formula is C19H24BNO3. The number of benzene rings is 1. The van der Waals surface area contributed by atoms with Gasteiger partial charge in [0.05, 0.1) is 29.3 Å². The predicted octanol–water partition coefficient (Wildman–Crippen LogP) is 3.25. The number of hydrogen-bond acceptors (Lipinski definition) is 4. The van der Waals surface area contributed by atoms with Gasteiger partial charge in [-0.25, -0.2) is 0 Å². The smallest absolute Gasteiger partial charge is 0.400 e. The highest BCUT2D eigenvalue weighted by molar-refractivity contribution is 6.55. The van der Waals surface area contributed by atoms with E-state index in [1.54, 1.807) is 0 Å². The van der Waals surface area contributed by atoms with Gasteiger partial charge in [-0.05, 0) is 57.1 Å². The maximum absolute atomic E-state index is 9.75. The van der Waals surface area contributed by atoms with Crippen molar-refractivity contribution in [3.05, 3.63) is 40.9 Å². The van der Waals surface area contributed by atoms with Crippen LogP contribution in [0.1, 0.15) is 51.7 Å². The van der Waals surface area contributed by atoms with Gasteiger partial charge in [0.15, 0.2) is 0 Å². The lowest BCUT2D eigenvalue weighted by molar-refractivity contribution is 0.00578. The van der Waals surface area contributed by atoms with Gasteiger partial charge < -0.3 is 14.4 Å². The number of nitriles is 1. The number of hydrogen-bond donors (Lipinski definition) is 1. The van der Waals surface area contributed by atoms with Gasteiger partial charge in [0.1, 0.15) is 0 Å². The topological polar surface area (TPSA) is 62.5 Å². The Kier molecular flexibility index (Phi) is 4.12. The SMILES string of the molecule is CC1(C)OB(C(=Cc2ccc(C3(C#N)CC3)cc2)CO)OC1(C)C. The van der Waals surface area contributed by atoms with Crippen molar-refractivity contribution < 1.29 is 14.4 Å². The van der Waals surface area contributed by atoms with Crippen LogP contribution >= 0.6 is 0 Å². The molecule has 1 saturated carbocycles. The molecule has 5 heteroatoms. The summed E-state index contributed by atoms with van der Waals surface area (Å²) in [6.07, 6.45) is 3.78. The quantitative estimate of drug-likeness (QED) is 0.863. The van der Waals surface area contributed by atoms with Crippen LogP contribution in [0, 0.1) is 11.3 Å². The monoisotopic (exact) mass is 325 g/mol. The van der Waals surface area contributed by atoms with Crippen molar-refractivity contribution in [3.8, 4) is 6.07 Å². The molecule has 1 aliphatic carbocycles. The van der Waals surface area contributed by atoms with Gasteiger partial charge in [-0.2, -0.15) is 5.26 Å². The van der Waals surface area contributed by atoms with Crippen LogP contribution < -0.4 is 0 Å². The minimum atomic E-state index is -0.548. The Labute approximate surface area is 144 Å². The Hall–Kier alpha value is -1.61. The molecule has 24 heavy (non-hydrogen) atoms. The van der Waals surface area contributed by atoms with E-state index < -0.39 is 18.3 Å².